The topological polar surface area (TPSA) is 38.7 Å². The smallest absolute Gasteiger partial charge is 0.147 e. The lowest BCUT2D eigenvalue weighted by atomic mass is 9.46. The molecule has 2 aliphatic heterocycles. The van der Waals surface area contributed by atoms with E-state index >= 15 is 0 Å². The molecule has 0 amide bonds. The Balaban J connectivity index is 1.45. The standard InChI is InChI=1S/C28H42O3/c1-18(2)19(3)7-8-20(4)22-9-10-23-25(22,5)13-12-24-26(6)14-11-21(29)17-27(26)15-16-28(23,24)31-30-27/h12,15-16,18,20-23,29H,3,7-11,13-14,17H2,1-2,4-6H3. The Bertz CT molecular complexity index is 826. The highest BCUT2D eigenvalue weighted by molar-refractivity contribution is 5.48. The van der Waals surface area contributed by atoms with Gasteiger partial charge in [-0.3, -0.25) is 0 Å². The molecule has 3 fully saturated rings. The number of allylic oxidation sites excluding steroid dienone is 2. The van der Waals surface area contributed by atoms with Crippen LogP contribution in [0.5, 0.6) is 0 Å². The molecule has 31 heavy (non-hydrogen) atoms. The van der Waals surface area contributed by atoms with Gasteiger partial charge in [-0.2, -0.15) is 0 Å². The fraction of sp³-hybridized carbons (Fsp3) is 0.786. The van der Waals surface area contributed by atoms with Crippen LogP contribution in [0.4, 0.5) is 0 Å². The van der Waals surface area contributed by atoms with Gasteiger partial charge in [-0.05, 0) is 85.8 Å². The van der Waals surface area contributed by atoms with Crippen LogP contribution in [-0.2, 0) is 9.78 Å². The van der Waals surface area contributed by atoms with Crippen LogP contribution in [0.15, 0.2) is 36.0 Å². The SMILES string of the molecule is C=C(CCC(C)C1CCC2C34C=CC5(CC(O)CCC5(C)C3=CCC12C)OO4)C(C)C. The Morgan fingerprint density at radius 1 is 1.16 bits per heavy atom. The number of aliphatic hydroxyl groups is 1. The molecule has 1 saturated heterocycles. The van der Waals surface area contributed by atoms with Gasteiger partial charge in [0.15, 0.2) is 0 Å². The first-order chi connectivity index (χ1) is 14.6. The molecule has 2 heterocycles. The molecule has 2 bridgehead atoms. The predicted octanol–water partition coefficient (Wildman–Crippen LogP) is 6.54. The zero-order chi connectivity index (χ0) is 22.2. The summed E-state index contributed by atoms with van der Waals surface area (Å²) in [6, 6.07) is 0. The van der Waals surface area contributed by atoms with Crippen LogP contribution in [-0.4, -0.2) is 22.4 Å². The maximum atomic E-state index is 10.4. The summed E-state index contributed by atoms with van der Waals surface area (Å²) in [7, 11) is 0. The fourth-order valence-electron chi connectivity index (χ4n) is 8.28. The van der Waals surface area contributed by atoms with E-state index in [2.05, 4.69) is 59.4 Å². The average molecular weight is 427 g/mol. The second-order valence-electron chi connectivity index (χ2n) is 12.3. The van der Waals surface area contributed by atoms with E-state index in [1.807, 2.05) is 0 Å². The first kappa shape index (κ1) is 21.9. The quantitative estimate of drug-likeness (QED) is 0.401. The van der Waals surface area contributed by atoms with Crippen molar-refractivity contribution in [3.05, 3.63) is 36.0 Å². The molecule has 3 heteroatoms. The predicted molar refractivity (Wildman–Crippen MR) is 124 cm³/mol. The van der Waals surface area contributed by atoms with Crippen molar-refractivity contribution in [1.82, 2.24) is 0 Å². The maximum Gasteiger partial charge on any atom is 0.147 e. The molecule has 172 valence electrons. The van der Waals surface area contributed by atoms with Gasteiger partial charge in [0, 0.05) is 17.8 Å². The average Bonchev–Trinajstić information content (AvgIpc) is 3.09. The Kier molecular flexibility index (Phi) is 4.98. The minimum atomic E-state index is -0.505. The van der Waals surface area contributed by atoms with Crippen LogP contribution >= 0.6 is 0 Å². The summed E-state index contributed by atoms with van der Waals surface area (Å²) < 4.78 is 0. The molecule has 6 rings (SSSR count). The van der Waals surface area contributed by atoms with E-state index in [0.29, 0.717) is 30.1 Å². The van der Waals surface area contributed by atoms with Crippen molar-refractivity contribution >= 4 is 0 Å². The van der Waals surface area contributed by atoms with Crippen LogP contribution in [0.3, 0.4) is 0 Å². The van der Waals surface area contributed by atoms with Crippen molar-refractivity contribution < 1.29 is 14.9 Å². The number of fused-ring (bicyclic) bond motifs is 2. The van der Waals surface area contributed by atoms with Gasteiger partial charge in [-0.15, -0.1) is 0 Å². The molecule has 4 aliphatic carbocycles. The highest BCUT2D eigenvalue weighted by Gasteiger charge is 2.71. The third kappa shape index (κ3) is 2.82. The lowest BCUT2D eigenvalue weighted by Gasteiger charge is -2.66. The first-order valence-corrected chi connectivity index (χ1v) is 12.7. The Morgan fingerprint density at radius 2 is 1.94 bits per heavy atom. The summed E-state index contributed by atoms with van der Waals surface area (Å²) in [6.45, 7) is 16.2. The molecule has 8 unspecified atom stereocenters. The minimum Gasteiger partial charge on any atom is -0.393 e. The number of rotatable bonds is 5. The molecule has 0 aromatic rings. The summed E-state index contributed by atoms with van der Waals surface area (Å²) in [4.78, 5) is 12.7. The monoisotopic (exact) mass is 426 g/mol. The number of hydrogen-bond acceptors (Lipinski definition) is 3. The third-order valence-corrected chi connectivity index (χ3v) is 10.5. The molecule has 6 aliphatic rings. The Morgan fingerprint density at radius 3 is 2.61 bits per heavy atom. The molecule has 0 aromatic carbocycles. The first-order valence-electron chi connectivity index (χ1n) is 12.7. The summed E-state index contributed by atoms with van der Waals surface area (Å²) >= 11 is 0. The van der Waals surface area contributed by atoms with Gasteiger partial charge in [0.05, 0.1) is 6.10 Å². The molecular weight excluding hydrogens is 384 g/mol. The van der Waals surface area contributed by atoms with Crippen molar-refractivity contribution in [2.24, 2.45) is 34.5 Å². The van der Waals surface area contributed by atoms with Gasteiger partial charge in [0.25, 0.3) is 0 Å². The zero-order valence-electron chi connectivity index (χ0n) is 20.2. The molecule has 3 nitrogen and oxygen atoms in total. The Labute approximate surface area is 188 Å². The van der Waals surface area contributed by atoms with Gasteiger partial charge in [0.1, 0.15) is 11.2 Å². The summed E-state index contributed by atoms with van der Waals surface area (Å²) in [5.41, 5.74) is 2.08. The summed E-state index contributed by atoms with van der Waals surface area (Å²) in [5.74, 6) is 2.43. The van der Waals surface area contributed by atoms with E-state index in [-0.39, 0.29) is 16.9 Å². The van der Waals surface area contributed by atoms with Gasteiger partial charge >= 0.3 is 0 Å². The van der Waals surface area contributed by atoms with E-state index < -0.39 is 11.2 Å². The van der Waals surface area contributed by atoms with E-state index in [9.17, 15) is 5.11 Å². The van der Waals surface area contributed by atoms with Crippen LogP contribution in [0.1, 0.15) is 86.0 Å². The second kappa shape index (κ2) is 7.05. The van der Waals surface area contributed by atoms with E-state index in [0.717, 1.165) is 25.7 Å². The van der Waals surface area contributed by atoms with Gasteiger partial charge < -0.3 is 5.11 Å². The number of hydrogen-bond donors (Lipinski definition) is 1. The van der Waals surface area contributed by atoms with Crippen molar-refractivity contribution in [1.29, 1.82) is 0 Å². The Hall–Kier alpha value is -0.900. The minimum absolute atomic E-state index is 0.0702. The molecule has 0 radical (unpaired) electrons. The molecule has 1 N–H and O–H groups in total. The van der Waals surface area contributed by atoms with E-state index in [1.54, 1.807) is 0 Å². The van der Waals surface area contributed by atoms with Crippen LogP contribution < -0.4 is 0 Å². The van der Waals surface area contributed by atoms with Crippen LogP contribution in [0.25, 0.3) is 0 Å². The molecule has 2 spiro atoms. The highest BCUT2D eigenvalue weighted by atomic mass is 17.2. The van der Waals surface area contributed by atoms with Crippen LogP contribution in [0, 0.1) is 34.5 Å². The van der Waals surface area contributed by atoms with Gasteiger partial charge in [-0.25, -0.2) is 9.78 Å². The highest BCUT2D eigenvalue weighted by Crippen LogP contribution is 2.71. The van der Waals surface area contributed by atoms with E-state index in [4.69, 9.17) is 9.78 Å². The molecule has 2 saturated carbocycles. The van der Waals surface area contributed by atoms with Gasteiger partial charge in [0.2, 0.25) is 0 Å². The normalized spacial score (nSPS) is 48.7. The van der Waals surface area contributed by atoms with Crippen molar-refractivity contribution in [3.8, 4) is 0 Å². The lowest BCUT2D eigenvalue weighted by Crippen LogP contribution is -2.69. The van der Waals surface area contributed by atoms with Crippen LogP contribution in [0.2, 0.25) is 0 Å². The second-order valence-corrected chi connectivity index (χ2v) is 12.3. The lowest BCUT2D eigenvalue weighted by molar-refractivity contribution is -0.455. The summed E-state index contributed by atoms with van der Waals surface area (Å²) in [6.07, 6.45) is 15.3. The third-order valence-electron chi connectivity index (χ3n) is 10.5. The number of aliphatic hydroxyl groups excluding tert-OH is 1. The maximum absolute atomic E-state index is 10.4. The van der Waals surface area contributed by atoms with Gasteiger partial charge in [-0.1, -0.05) is 52.8 Å². The fourth-order valence-corrected chi connectivity index (χ4v) is 8.28. The zero-order valence-corrected chi connectivity index (χ0v) is 20.2. The molecule has 0 aromatic heterocycles. The molecular formula is C28H42O3. The van der Waals surface area contributed by atoms with Crippen molar-refractivity contribution in [2.45, 2.75) is 103 Å². The summed E-state index contributed by atoms with van der Waals surface area (Å²) in [5, 5.41) is 10.4. The molecule has 8 atom stereocenters. The van der Waals surface area contributed by atoms with Crippen molar-refractivity contribution in [3.63, 3.8) is 0 Å². The largest absolute Gasteiger partial charge is 0.393 e. The van der Waals surface area contributed by atoms with Crippen molar-refractivity contribution in [2.75, 3.05) is 0 Å². The van der Waals surface area contributed by atoms with E-state index in [1.165, 1.54) is 30.4 Å².